The van der Waals surface area contributed by atoms with Crippen molar-refractivity contribution in [3.63, 3.8) is 0 Å². The normalized spacial score (nSPS) is 15.7. The molecule has 0 saturated heterocycles. The molecule has 2 aromatic rings. The maximum Gasteiger partial charge on any atom is 0.207 e. The molecule has 0 amide bonds. The first-order valence-corrected chi connectivity index (χ1v) is 9.86. The molecule has 1 unspecified atom stereocenters. The van der Waals surface area contributed by atoms with E-state index in [1.807, 2.05) is 6.07 Å². The van der Waals surface area contributed by atoms with Gasteiger partial charge in [-0.05, 0) is 55.2 Å². The van der Waals surface area contributed by atoms with Crippen LogP contribution < -0.4 is 10.2 Å². The zero-order chi connectivity index (χ0) is 19.1. The molecule has 1 aliphatic carbocycles. The van der Waals surface area contributed by atoms with Gasteiger partial charge in [-0.15, -0.1) is 12.4 Å². The van der Waals surface area contributed by atoms with Crippen molar-refractivity contribution >= 4 is 29.9 Å². The van der Waals surface area contributed by atoms with E-state index in [1.165, 1.54) is 22.3 Å². The van der Waals surface area contributed by atoms with Crippen LogP contribution in [0.2, 0.25) is 0 Å². The van der Waals surface area contributed by atoms with E-state index >= 15 is 0 Å². The van der Waals surface area contributed by atoms with Crippen LogP contribution in [-0.4, -0.2) is 16.5 Å². The maximum atomic E-state index is 5.02. The third-order valence-electron chi connectivity index (χ3n) is 5.79. The van der Waals surface area contributed by atoms with E-state index in [-0.39, 0.29) is 12.4 Å². The minimum atomic E-state index is 0. The molecular formula is C24H25ClN4. The third kappa shape index (κ3) is 3.45. The fraction of sp³-hybridized carbons (Fsp3) is 0.208. The van der Waals surface area contributed by atoms with Gasteiger partial charge in [-0.1, -0.05) is 48.5 Å². The Morgan fingerprint density at radius 3 is 2.66 bits per heavy atom. The number of anilines is 3. The van der Waals surface area contributed by atoms with E-state index < -0.39 is 0 Å². The fourth-order valence-electron chi connectivity index (χ4n) is 4.23. The lowest BCUT2D eigenvalue weighted by Gasteiger charge is -2.37. The van der Waals surface area contributed by atoms with Crippen LogP contribution in [0.5, 0.6) is 0 Å². The highest BCUT2D eigenvalue weighted by molar-refractivity contribution is 5.85. The molecule has 148 valence electrons. The number of aryl methyl sites for hydroxylation is 1. The lowest BCUT2D eigenvalue weighted by atomic mass is 9.93. The van der Waals surface area contributed by atoms with E-state index in [0.717, 1.165) is 36.1 Å². The minimum Gasteiger partial charge on any atom is -0.349 e. The summed E-state index contributed by atoms with van der Waals surface area (Å²) in [7, 11) is 0. The lowest BCUT2D eigenvalue weighted by Crippen LogP contribution is -2.35. The van der Waals surface area contributed by atoms with Crippen LogP contribution in [0.3, 0.4) is 0 Å². The average molecular weight is 405 g/mol. The van der Waals surface area contributed by atoms with Crippen molar-refractivity contribution in [2.45, 2.75) is 26.3 Å². The standard InChI is InChI=1S/C24H24N4.ClH/c1-16-8-3-6-12-21(16)25-24-26-22-13-7-11-20(22)23(27-24)28-15-14-18-9-4-5-10-19(18)17(28)2;/h3-13,17H,14-15H2,1-2H3,(H2,25,26,27);1H. The van der Waals surface area contributed by atoms with Crippen LogP contribution in [0.1, 0.15) is 29.7 Å². The largest absolute Gasteiger partial charge is 0.349 e. The van der Waals surface area contributed by atoms with E-state index in [9.17, 15) is 0 Å². The van der Waals surface area contributed by atoms with Crippen LogP contribution in [-0.2, 0) is 6.42 Å². The zero-order valence-electron chi connectivity index (χ0n) is 16.6. The van der Waals surface area contributed by atoms with Crippen molar-refractivity contribution in [3.8, 4) is 11.3 Å². The molecule has 2 heterocycles. The molecule has 5 heteroatoms. The number of aromatic amines is 1. The molecule has 0 radical (unpaired) electrons. The summed E-state index contributed by atoms with van der Waals surface area (Å²) in [6.45, 7) is 5.35. The molecule has 1 atom stereocenters. The lowest BCUT2D eigenvalue weighted by molar-refractivity contribution is 0.617. The molecule has 5 rings (SSSR count). The number of fused-ring (bicyclic) bond motifs is 2. The average Bonchev–Trinajstić information content (AvgIpc) is 3.18. The van der Waals surface area contributed by atoms with Gasteiger partial charge in [0.25, 0.3) is 0 Å². The molecular weight excluding hydrogens is 380 g/mol. The second kappa shape index (κ2) is 7.80. The summed E-state index contributed by atoms with van der Waals surface area (Å²) < 4.78 is 0. The van der Waals surface area contributed by atoms with Gasteiger partial charge in [0.15, 0.2) is 0 Å². The Balaban J connectivity index is 0.00000205. The van der Waals surface area contributed by atoms with Gasteiger partial charge in [0, 0.05) is 17.8 Å². The number of nitrogens with one attached hydrogen (secondary N) is 2. The second-order valence-electron chi connectivity index (χ2n) is 7.52. The Hall–Kier alpha value is -2.98. The molecule has 4 nitrogen and oxygen atoms in total. The van der Waals surface area contributed by atoms with Crippen LogP contribution in [0.4, 0.5) is 17.5 Å². The van der Waals surface area contributed by atoms with Crippen molar-refractivity contribution in [3.05, 3.63) is 83.4 Å². The Kier molecular flexibility index (Phi) is 5.20. The quantitative estimate of drug-likeness (QED) is 0.432. The number of hydrogen-bond donors (Lipinski definition) is 2. The first-order chi connectivity index (χ1) is 13.7. The van der Waals surface area contributed by atoms with Crippen LogP contribution in [0.25, 0.3) is 11.3 Å². The predicted octanol–water partition coefficient (Wildman–Crippen LogP) is 6.11. The molecule has 0 fully saturated rings. The molecule has 2 N–H and O–H groups in total. The highest BCUT2D eigenvalue weighted by Gasteiger charge is 2.27. The molecule has 3 aliphatic rings. The van der Waals surface area contributed by atoms with Gasteiger partial charge in [-0.25, -0.2) is 0 Å². The Morgan fingerprint density at radius 2 is 1.79 bits per heavy atom. The Labute approximate surface area is 177 Å². The minimum absolute atomic E-state index is 0. The molecule has 0 bridgehead atoms. The van der Waals surface area contributed by atoms with E-state index in [4.69, 9.17) is 4.98 Å². The van der Waals surface area contributed by atoms with Crippen LogP contribution >= 0.6 is 12.4 Å². The summed E-state index contributed by atoms with van der Waals surface area (Å²) in [6.07, 6.45) is 1.05. The number of hydrogen-bond acceptors (Lipinski definition) is 3. The van der Waals surface area contributed by atoms with Gasteiger partial charge in [0.05, 0.1) is 11.7 Å². The van der Waals surface area contributed by atoms with Gasteiger partial charge in [0.2, 0.25) is 5.95 Å². The highest BCUT2D eigenvalue weighted by atomic mass is 35.5. The van der Waals surface area contributed by atoms with Crippen molar-refractivity contribution in [2.24, 2.45) is 0 Å². The van der Waals surface area contributed by atoms with Crippen molar-refractivity contribution in [1.29, 1.82) is 0 Å². The summed E-state index contributed by atoms with van der Waals surface area (Å²) >= 11 is 0. The number of H-pyrrole nitrogens is 1. The monoisotopic (exact) mass is 404 g/mol. The number of halogens is 1. The molecule has 0 saturated carbocycles. The van der Waals surface area contributed by atoms with Crippen molar-refractivity contribution in [2.75, 3.05) is 16.8 Å². The topological polar surface area (TPSA) is 44.0 Å². The number of nitrogens with zero attached hydrogens (tertiary/aromatic N) is 2. The summed E-state index contributed by atoms with van der Waals surface area (Å²) in [5.41, 5.74) is 7.39. The Morgan fingerprint density at radius 1 is 1.00 bits per heavy atom. The molecule has 0 spiro atoms. The van der Waals surface area contributed by atoms with Crippen molar-refractivity contribution in [1.82, 2.24) is 9.97 Å². The summed E-state index contributed by atoms with van der Waals surface area (Å²) in [6, 6.07) is 23.7. The Bertz CT molecular complexity index is 1100. The SMILES string of the molecule is Cc1ccccc1Nc1nc(N2CCc3ccccc3C2C)c2cccc-2[nH]1.Cl. The number of para-hydroxylation sites is 1. The number of rotatable bonds is 3. The third-order valence-corrected chi connectivity index (χ3v) is 5.79. The van der Waals surface area contributed by atoms with Gasteiger partial charge in [0.1, 0.15) is 5.82 Å². The fourth-order valence-corrected chi connectivity index (χ4v) is 4.23. The molecule has 0 aromatic heterocycles. The summed E-state index contributed by atoms with van der Waals surface area (Å²) in [4.78, 5) is 10.9. The smallest absolute Gasteiger partial charge is 0.207 e. The zero-order valence-corrected chi connectivity index (χ0v) is 17.5. The van der Waals surface area contributed by atoms with E-state index in [2.05, 4.69) is 89.7 Å². The van der Waals surface area contributed by atoms with Gasteiger partial charge < -0.3 is 15.2 Å². The predicted molar refractivity (Wildman–Crippen MR) is 123 cm³/mol. The summed E-state index contributed by atoms with van der Waals surface area (Å²) in [5.74, 6) is 1.81. The highest BCUT2D eigenvalue weighted by Crippen LogP contribution is 2.39. The van der Waals surface area contributed by atoms with Gasteiger partial charge >= 0.3 is 0 Å². The van der Waals surface area contributed by atoms with Gasteiger partial charge in [-0.3, -0.25) is 0 Å². The van der Waals surface area contributed by atoms with Gasteiger partial charge in [-0.2, -0.15) is 4.98 Å². The summed E-state index contributed by atoms with van der Waals surface area (Å²) in [5, 5.41) is 3.47. The molecule has 2 aromatic carbocycles. The van der Waals surface area contributed by atoms with Crippen LogP contribution in [0.15, 0.2) is 66.7 Å². The number of aromatic nitrogens is 2. The second-order valence-corrected chi connectivity index (χ2v) is 7.52. The molecule has 2 aliphatic heterocycles. The van der Waals surface area contributed by atoms with E-state index in [0.29, 0.717) is 6.04 Å². The maximum absolute atomic E-state index is 5.02. The van der Waals surface area contributed by atoms with Crippen LogP contribution in [0, 0.1) is 6.92 Å². The van der Waals surface area contributed by atoms with E-state index in [1.54, 1.807) is 0 Å². The number of benzene rings is 2. The molecule has 29 heavy (non-hydrogen) atoms. The first kappa shape index (κ1) is 19.3. The van der Waals surface area contributed by atoms with Crippen molar-refractivity contribution < 1.29 is 0 Å². The first-order valence-electron chi connectivity index (χ1n) is 9.86.